The highest BCUT2D eigenvalue weighted by atomic mass is 15.1. The van der Waals surface area contributed by atoms with Gasteiger partial charge >= 0.3 is 0 Å². The van der Waals surface area contributed by atoms with Crippen LogP contribution in [0.25, 0.3) is 28.6 Å². The van der Waals surface area contributed by atoms with E-state index in [0.717, 1.165) is 11.1 Å². The molecule has 2 aliphatic carbocycles. The van der Waals surface area contributed by atoms with Crippen LogP contribution in [0.5, 0.6) is 0 Å². The highest BCUT2D eigenvalue weighted by Crippen LogP contribution is 2.29. The van der Waals surface area contributed by atoms with Crippen LogP contribution in [0.2, 0.25) is 0 Å². The van der Waals surface area contributed by atoms with Crippen LogP contribution in [0.1, 0.15) is 5.56 Å². The summed E-state index contributed by atoms with van der Waals surface area (Å²) in [4.78, 5) is 11.8. The lowest BCUT2D eigenvalue weighted by molar-refractivity contribution is 1.09. The number of hydrogen-bond donors (Lipinski definition) is 2. The first-order valence-electron chi connectivity index (χ1n) is 6.76. The van der Waals surface area contributed by atoms with Crippen molar-refractivity contribution in [2.45, 2.75) is 0 Å². The van der Waals surface area contributed by atoms with Crippen LogP contribution >= 0.6 is 0 Å². The van der Waals surface area contributed by atoms with E-state index in [1.165, 1.54) is 11.1 Å². The topological polar surface area (TPSA) is 90.7 Å². The van der Waals surface area contributed by atoms with Crippen molar-refractivity contribution in [1.82, 2.24) is 15.0 Å². The Balaban J connectivity index is 0.000000196. The molecule has 4 N–H and O–H groups in total. The van der Waals surface area contributed by atoms with Crippen LogP contribution in [0, 0.1) is 0 Å². The predicted molar refractivity (Wildman–Crippen MR) is 89.6 cm³/mol. The average molecular weight is 289 g/mol. The van der Waals surface area contributed by atoms with Gasteiger partial charge in [-0.25, -0.2) is 0 Å². The van der Waals surface area contributed by atoms with E-state index < -0.39 is 0 Å². The minimum Gasteiger partial charge on any atom is -0.368 e. The van der Waals surface area contributed by atoms with Crippen LogP contribution in [0.15, 0.2) is 55.1 Å². The Labute approximate surface area is 128 Å². The molecule has 0 fully saturated rings. The molecule has 0 saturated heterocycles. The third-order valence-electron chi connectivity index (χ3n) is 3.31. The summed E-state index contributed by atoms with van der Waals surface area (Å²) in [5.41, 5.74) is 15.6. The van der Waals surface area contributed by atoms with Gasteiger partial charge in [-0.05, 0) is 16.7 Å². The number of nitrogens with zero attached hydrogens (tertiary/aromatic N) is 3. The molecule has 0 saturated carbocycles. The van der Waals surface area contributed by atoms with Crippen molar-refractivity contribution in [3.05, 3.63) is 60.7 Å². The van der Waals surface area contributed by atoms with Crippen LogP contribution < -0.4 is 11.5 Å². The molecular weight excluding hydrogens is 274 g/mol. The molecule has 0 bridgehead atoms. The van der Waals surface area contributed by atoms with E-state index in [1.807, 2.05) is 24.3 Å². The lowest BCUT2D eigenvalue weighted by Gasteiger charge is -2.10. The van der Waals surface area contributed by atoms with E-state index in [-0.39, 0.29) is 11.9 Å². The van der Waals surface area contributed by atoms with E-state index in [2.05, 4.69) is 45.8 Å². The van der Waals surface area contributed by atoms with Crippen LogP contribution in [0.4, 0.5) is 11.9 Å². The first-order chi connectivity index (χ1) is 10.7. The quantitative estimate of drug-likeness (QED) is 0.592. The highest BCUT2D eigenvalue weighted by molar-refractivity contribution is 5.75. The Morgan fingerprint density at radius 2 is 1.32 bits per heavy atom. The lowest BCUT2D eigenvalue weighted by atomic mass is 9.95. The fourth-order valence-corrected chi connectivity index (χ4v) is 2.07. The maximum Gasteiger partial charge on any atom is 0.225 e. The number of benzene rings is 2. The number of anilines is 2. The molecule has 4 rings (SSSR count). The summed E-state index contributed by atoms with van der Waals surface area (Å²) in [5.74, 6) is 0.684. The fourth-order valence-electron chi connectivity index (χ4n) is 2.07. The van der Waals surface area contributed by atoms with Crippen molar-refractivity contribution < 1.29 is 0 Å². The van der Waals surface area contributed by atoms with Crippen LogP contribution in [0.3, 0.4) is 0 Å². The molecule has 0 aliphatic heterocycles. The van der Waals surface area contributed by atoms with Gasteiger partial charge in [0, 0.05) is 5.56 Å². The van der Waals surface area contributed by atoms with E-state index in [0.29, 0.717) is 5.82 Å². The molecule has 0 amide bonds. The van der Waals surface area contributed by atoms with Crippen LogP contribution in [-0.4, -0.2) is 15.0 Å². The molecule has 0 unspecified atom stereocenters. The summed E-state index contributed by atoms with van der Waals surface area (Å²) < 4.78 is 0. The summed E-state index contributed by atoms with van der Waals surface area (Å²) in [5, 5.41) is 0. The first-order valence-corrected chi connectivity index (χ1v) is 6.76. The van der Waals surface area contributed by atoms with Crippen LogP contribution in [-0.2, 0) is 0 Å². The summed E-state index contributed by atoms with van der Waals surface area (Å²) >= 11 is 0. The van der Waals surface area contributed by atoms with Crippen molar-refractivity contribution in [3.63, 3.8) is 0 Å². The Bertz CT molecular complexity index is 783. The molecule has 1 aromatic heterocycles. The summed E-state index contributed by atoms with van der Waals surface area (Å²) in [6, 6.07) is 16.1. The van der Waals surface area contributed by atoms with Crippen molar-refractivity contribution >= 4 is 18.0 Å². The Morgan fingerprint density at radius 1 is 0.773 bits per heavy atom. The Kier molecular flexibility index (Phi) is 3.53. The number of fused-ring (bicyclic) bond motifs is 1. The van der Waals surface area contributed by atoms with E-state index in [9.17, 15) is 0 Å². The standard InChI is InChI=1S/C11H11N5.C6H4/c1-2-7-5-3-4-6-8(7)9-14-10(12)16-11(13)15-9;1-2-6-4-3-5(1)6/h2-6H,1H2,(H4,12,13,14,15,16);1-4H. The maximum atomic E-state index is 5.52. The molecule has 0 atom stereocenters. The van der Waals surface area contributed by atoms with Gasteiger partial charge in [0.2, 0.25) is 11.9 Å². The van der Waals surface area contributed by atoms with Gasteiger partial charge < -0.3 is 11.5 Å². The van der Waals surface area contributed by atoms with Crippen molar-refractivity contribution in [2.24, 2.45) is 0 Å². The first kappa shape index (κ1) is 13.8. The molecular formula is C17H15N5. The molecule has 5 nitrogen and oxygen atoms in total. The summed E-state index contributed by atoms with van der Waals surface area (Å²) in [6.45, 7) is 3.73. The van der Waals surface area contributed by atoms with Gasteiger partial charge in [-0.2, -0.15) is 15.0 Å². The summed E-state index contributed by atoms with van der Waals surface area (Å²) in [6.07, 6.45) is 1.73. The van der Waals surface area contributed by atoms with Gasteiger partial charge in [0.1, 0.15) is 0 Å². The third-order valence-corrected chi connectivity index (χ3v) is 3.31. The van der Waals surface area contributed by atoms with Gasteiger partial charge in [-0.3, -0.25) is 0 Å². The minimum atomic E-state index is 0.112. The zero-order valence-corrected chi connectivity index (χ0v) is 11.9. The normalized spacial score (nSPS) is 10.4. The Hall–Kier alpha value is -3.21. The van der Waals surface area contributed by atoms with Gasteiger partial charge in [-0.1, -0.05) is 61.2 Å². The molecule has 1 heterocycles. The van der Waals surface area contributed by atoms with Crippen molar-refractivity contribution in [3.8, 4) is 22.5 Å². The number of rotatable bonds is 2. The molecule has 1 aromatic carbocycles. The smallest absolute Gasteiger partial charge is 0.225 e. The molecule has 22 heavy (non-hydrogen) atoms. The second kappa shape index (κ2) is 5.65. The minimum absolute atomic E-state index is 0.112. The zero-order chi connectivity index (χ0) is 15.5. The van der Waals surface area contributed by atoms with Crippen molar-refractivity contribution in [2.75, 3.05) is 11.5 Å². The second-order valence-electron chi connectivity index (χ2n) is 4.74. The zero-order valence-electron chi connectivity index (χ0n) is 11.9. The number of nitrogen functional groups attached to an aromatic ring is 2. The fraction of sp³-hybridized carbons (Fsp3) is 0. The van der Waals surface area contributed by atoms with Gasteiger partial charge in [0.15, 0.2) is 5.82 Å². The lowest BCUT2D eigenvalue weighted by Crippen LogP contribution is -2.04. The monoisotopic (exact) mass is 289 g/mol. The second-order valence-corrected chi connectivity index (χ2v) is 4.74. The predicted octanol–water partition coefficient (Wildman–Crippen LogP) is 3.01. The van der Waals surface area contributed by atoms with Gasteiger partial charge in [0.05, 0.1) is 0 Å². The van der Waals surface area contributed by atoms with E-state index in [4.69, 9.17) is 11.5 Å². The third kappa shape index (κ3) is 2.64. The average Bonchev–Trinajstić information content (AvgIpc) is 2.50. The molecule has 0 spiro atoms. The van der Waals surface area contributed by atoms with E-state index in [1.54, 1.807) is 6.08 Å². The van der Waals surface area contributed by atoms with Gasteiger partial charge in [-0.15, -0.1) is 0 Å². The maximum absolute atomic E-state index is 5.52. The molecule has 5 heteroatoms. The van der Waals surface area contributed by atoms with E-state index >= 15 is 0 Å². The highest BCUT2D eigenvalue weighted by Gasteiger charge is 2.07. The van der Waals surface area contributed by atoms with Crippen molar-refractivity contribution in [1.29, 1.82) is 0 Å². The SMILES string of the molecule is C=Cc1ccccc1-c1nc(N)nc(N)n1.c1cc2ccc1-2. The largest absolute Gasteiger partial charge is 0.368 e. The molecule has 2 aromatic rings. The summed E-state index contributed by atoms with van der Waals surface area (Å²) in [7, 11) is 0. The molecule has 2 aliphatic rings. The Morgan fingerprint density at radius 3 is 1.77 bits per heavy atom. The number of hydrogen-bond acceptors (Lipinski definition) is 5. The molecule has 0 radical (unpaired) electrons. The van der Waals surface area contributed by atoms with Gasteiger partial charge in [0.25, 0.3) is 0 Å². The molecule has 108 valence electrons. The number of aromatic nitrogens is 3. The number of nitrogens with two attached hydrogens (primary N) is 2.